The molecule has 0 aromatic heterocycles. The molecule has 1 aromatic carbocycles. The van der Waals surface area contributed by atoms with Crippen LogP contribution in [0.1, 0.15) is 46.5 Å². The Morgan fingerprint density at radius 3 is 1.64 bits per heavy atom. The molecule has 0 bridgehead atoms. The summed E-state index contributed by atoms with van der Waals surface area (Å²) in [5, 5.41) is 49.5. The number of hydrogen-bond donors (Lipinski definition) is 8. The predicted molar refractivity (Wildman–Crippen MR) is 151 cm³/mol. The van der Waals surface area contributed by atoms with Gasteiger partial charge >= 0.3 is 17.9 Å². The second-order valence-electron chi connectivity index (χ2n) is 10.0. The van der Waals surface area contributed by atoms with Gasteiger partial charge in [0.2, 0.25) is 29.5 Å². The number of anilines is 1. The number of carboxylic acid groups (broad SMARTS) is 3. The van der Waals surface area contributed by atoms with Gasteiger partial charge in [-0.15, -0.1) is 0 Å². The lowest BCUT2D eigenvalue weighted by molar-refractivity contribution is -0.384. The average Bonchev–Trinajstić information content (AvgIpc) is 2.92. The number of rotatable bonds is 18. The minimum Gasteiger partial charge on any atom is -0.481 e. The molecular formula is C26H34N6O13. The maximum absolute atomic E-state index is 13.2. The molecule has 5 amide bonds. The maximum Gasteiger partial charge on any atom is 0.305 e. The van der Waals surface area contributed by atoms with Gasteiger partial charge in [-0.05, 0) is 24.5 Å². The number of nitrogens with zero attached hydrogens (tertiary/aromatic N) is 1. The average molecular weight is 639 g/mol. The molecule has 0 fully saturated rings. The summed E-state index contributed by atoms with van der Waals surface area (Å²) < 4.78 is 0. The molecule has 1 rings (SSSR count). The smallest absolute Gasteiger partial charge is 0.305 e. The van der Waals surface area contributed by atoms with Gasteiger partial charge in [0.15, 0.2) is 0 Å². The Hall–Kier alpha value is -5.62. The number of carbonyl (C=O) groups is 8. The molecule has 0 saturated carbocycles. The molecule has 0 aliphatic rings. The van der Waals surface area contributed by atoms with Crippen molar-refractivity contribution in [1.82, 2.24) is 21.3 Å². The number of hydrogen-bond acceptors (Lipinski definition) is 10. The Morgan fingerprint density at radius 1 is 0.711 bits per heavy atom. The van der Waals surface area contributed by atoms with Gasteiger partial charge in [0, 0.05) is 31.2 Å². The van der Waals surface area contributed by atoms with E-state index in [0.717, 1.165) is 19.1 Å². The molecule has 0 radical (unpaired) electrons. The predicted octanol–water partition coefficient (Wildman–Crippen LogP) is -1.04. The molecule has 0 spiro atoms. The number of carbonyl (C=O) groups excluding carboxylic acids is 5. The number of nitro benzene ring substituents is 1. The van der Waals surface area contributed by atoms with Crippen LogP contribution < -0.4 is 26.6 Å². The van der Waals surface area contributed by atoms with Crippen LogP contribution in [0, 0.1) is 16.0 Å². The molecule has 45 heavy (non-hydrogen) atoms. The van der Waals surface area contributed by atoms with Crippen LogP contribution >= 0.6 is 0 Å². The summed E-state index contributed by atoms with van der Waals surface area (Å²) in [4.78, 5) is 107. The Morgan fingerprint density at radius 2 is 1.20 bits per heavy atom. The van der Waals surface area contributed by atoms with E-state index in [-0.39, 0.29) is 11.4 Å². The van der Waals surface area contributed by atoms with Gasteiger partial charge in [-0.2, -0.15) is 0 Å². The highest BCUT2D eigenvalue weighted by Crippen LogP contribution is 2.16. The van der Waals surface area contributed by atoms with Gasteiger partial charge in [0.1, 0.15) is 24.2 Å². The zero-order valence-electron chi connectivity index (χ0n) is 24.4. The Balaban J connectivity index is 3.16. The van der Waals surface area contributed by atoms with Crippen LogP contribution in [0.4, 0.5) is 11.4 Å². The van der Waals surface area contributed by atoms with E-state index < -0.39 is 108 Å². The highest BCUT2D eigenvalue weighted by Gasteiger charge is 2.34. The van der Waals surface area contributed by atoms with E-state index in [4.69, 9.17) is 10.2 Å². The fraction of sp³-hybridized carbons (Fsp3) is 0.462. The lowest BCUT2D eigenvalue weighted by Crippen LogP contribution is -2.59. The molecule has 0 saturated heterocycles. The van der Waals surface area contributed by atoms with E-state index in [1.54, 1.807) is 0 Å². The highest BCUT2D eigenvalue weighted by atomic mass is 16.6. The SMILES string of the molecule is CC(=O)N[C@@H](CC(=O)O)C(=O)NC(CCC(=O)O)C(=O)N[C@H](C(=O)NC(CC(=O)O)C(=O)Nc1ccc([N+](=O)[O-])cc1)C(C)C. The fourth-order valence-corrected chi connectivity index (χ4v) is 3.77. The minimum absolute atomic E-state index is 0.0569. The van der Waals surface area contributed by atoms with Crippen molar-refractivity contribution >= 4 is 58.8 Å². The lowest BCUT2D eigenvalue weighted by Gasteiger charge is -2.27. The van der Waals surface area contributed by atoms with Crippen molar-refractivity contribution in [2.24, 2.45) is 5.92 Å². The third kappa shape index (κ3) is 13.5. The second kappa shape index (κ2) is 17.5. The molecule has 4 atom stereocenters. The lowest BCUT2D eigenvalue weighted by atomic mass is 10.0. The minimum atomic E-state index is -1.68. The van der Waals surface area contributed by atoms with Gasteiger partial charge in [-0.3, -0.25) is 48.5 Å². The fourth-order valence-electron chi connectivity index (χ4n) is 3.77. The molecule has 246 valence electrons. The summed E-state index contributed by atoms with van der Waals surface area (Å²) in [5.74, 6) is -9.94. The van der Waals surface area contributed by atoms with Crippen LogP contribution in [0.5, 0.6) is 0 Å². The van der Waals surface area contributed by atoms with E-state index in [0.29, 0.717) is 0 Å². The normalized spacial score (nSPS) is 13.2. The van der Waals surface area contributed by atoms with Crippen molar-refractivity contribution in [3.05, 3.63) is 34.4 Å². The molecule has 19 heteroatoms. The molecule has 8 N–H and O–H groups in total. The van der Waals surface area contributed by atoms with Gasteiger partial charge in [-0.1, -0.05) is 13.8 Å². The van der Waals surface area contributed by atoms with Crippen molar-refractivity contribution in [3.8, 4) is 0 Å². The van der Waals surface area contributed by atoms with Crippen LogP contribution in [0.2, 0.25) is 0 Å². The number of benzene rings is 1. The molecule has 0 heterocycles. The number of carboxylic acids is 3. The Bertz CT molecular complexity index is 1300. The zero-order valence-corrected chi connectivity index (χ0v) is 24.4. The van der Waals surface area contributed by atoms with E-state index >= 15 is 0 Å². The second-order valence-corrected chi connectivity index (χ2v) is 10.0. The summed E-state index contributed by atoms with van der Waals surface area (Å²) in [6.07, 6.45) is -2.89. The van der Waals surface area contributed by atoms with Crippen molar-refractivity contribution in [2.45, 2.75) is 70.6 Å². The van der Waals surface area contributed by atoms with Crippen LogP contribution in [0.15, 0.2) is 24.3 Å². The first-order valence-electron chi connectivity index (χ1n) is 13.3. The monoisotopic (exact) mass is 638 g/mol. The molecular weight excluding hydrogens is 604 g/mol. The summed E-state index contributed by atoms with van der Waals surface area (Å²) in [6.45, 7) is 3.99. The number of non-ortho nitro benzene ring substituents is 1. The third-order valence-electron chi connectivity index (χ3n) is 5.96. The van der Waals surface area contributed by atoms with E-state index in [9.17, 15) is 53.6 Å². The number of nitro groups is 1. The molecule has 19 nitrogen and oxygen atoms in total. The first-order chi connectivity index (χ1) is 20.9. The Labute approximate surface area is 255 Å². The van der Waals surface area contributed by atoms with E-state index in [2.05, 4.69) is 26.6 Å². The summed E-state index contributed by atoms with van der Waals surface area (Å²) >= 11 is 0. The first-order valence-corrected chi connectivity index (χ1v) is 13.3. The van der Waals surface area contributed by atoms with E-state index in [1.807, 2.05) is 0 Å². The largest absolute Gasteiger partial charge is 0.481 e. The van der Waals surface area contributed by atoms with Gasteiger partial charge in [-0.25, -0.2) is 0 Å². The first kappa shape index (κ1) is 37.4. The van der Waals surface area contributed by atoms with Gasteiger partial charge < -0.3 is 41.9 Å². The van der Waals surface area contributed by atoms with Crippen LogP contribution in [0.25, 0.3) is 0 Å². The van der Waals surface area contributed by atoms with Crippen molar-refractivity contribution in [1.29, 1.82) is 0 Å². The quantitative estimate of drug-likeness (QED) is 0.0705. The number of amides is 5. The van der Waals surface area contributed by atoms with Crippen molar-refractivity contribution in [3.63, 3.8) is 0 Å². The van der Waals surface area contributed by atoms with Crippen LogP contribution in [-0.2, 0) is 38.4 Å². The highest BCUT2D eigenvalue weighted by molar-refractivity contribution is 6.01. The maximum atomic E-state index is 13.2. The number of nitrogens with one attached hydrogen (secondary N) is 5. The van der Waals surface area contributed by atoms with Crippen molar-refractivity contribution in [2.75, 3.05) is 5.32 Å². The third-order valence-corrected chi connectivity index (χ3v) is 5.96. The van der Waals surface area contributed by atoms with Gasteiger partial charge in [0.05, 0.1) is 17.8 Å². The van der Waals surface area contributed by atoms with Crippen LogP contribution in [-0.4, -0.2) is 91.9 Å². The molecule has 0 aliphatic carbocycles. The van der Waals surface area contributed by atoms with Crippen LogP contribution in [0.3, 0.4) is 0 Å². The topological polar surface area (TPSA) is 301 Å². The van der Waals surface area contributed by atoms with Crippen molar-refractivity contribution < 1.29 is 58.6 Å². The standard InChI is InChI=1S/C26H34N6O13/c1-12(2)22(26(43)30-18(11-21(38)39)24(41)28-14-4-6-15(7-5-14)32(44)45)31-23(40)16(8-9-19(34)35)29-25(42)17(10-20(36)37)27-13(3)33/h4-7,12,16-18,22H,8-11H2,1-3H3,(H,27,33)(H,28,41)(H,29,42)(H,30,43)(H,31,40)(H,34,35)(H,36,37)(H,38,39)/t16?,17-,18?,22-/m0/s1. The summed E-state index contributed by atoms with van der Waals surface area (Å²) in [5.41, 5.74) is -0.217. The van der Waals surface area contributed by atoms with E-state index in [1.165, 1.54) is 26.0 Å². The molecule has 0 aliphatic heterocycles. The summed E-state index contributed by atoms with van der Waals surface area (Å²) in [7, 11) is 0. The summed E-state index contributed by atoms with van der Waals surface area (Å²) in [6, 6.07) is -1.82. The molecule has 2 unspecified atom stereocenters. The zero-order chi connectivity index (χ0) is 34.4. The Kier molecular flexibility index (Phi) is 14.5. The number of aliphatic carboxylic acids is 3. The van der Waals surface area contributed by atoms with Gasteiger partial charge in [0.25, 0.3) is 5.69 Å². The molecule has 1 aromatic rings.